The average molecular weight is 788 g/mol. The molecule has 2 aromatic carbocycles. The van der Waals surface area contributed by atoms with Crippen LogP contribution in [0.5, 0.6) is 5.75 Å². The van der Waals surface area contributed by atoms with Crippen molar-refractivity contribution in [3.63, 3.8) is 0 Å². The maximum Gasteiger partial charge on any atom is 0.349 e. The molecule has 1 aliphatic carbocycles. The minimum Gasteiger partial charge on any atom is -0.506 e. The van der Waals surface area contributed by atoms with Gasteiger partial charge in [0, 0.05) is 32.6 Å². The normalized spacial score (nSPS) is 16.4. The summed E-state index contributed by atoms with van der Waals surface area (Å²) in [7, 11) is 2.10. The van der Waals surface area contributed by atoms with Crippen LogP contribution in [-0.2, 0) is 33.0 Å². The quantitative estimate of drug-likeness (QED) is 0.0605. The number of hydrogen-bond donors (Lipinski definition) is 6. The number of aliphatic hydroxyl groups is 2. The van der Waals surface area contributed by atoms with Crippen molar-refractivity contribution < 1.29 is 39.1 Å². The first-order valence-electron chi connectivity index (χ1n) is 17.4. The van der Waals surface area contributed by atoms with Crippen molar-refractivity contribution in [3.05, 3.63) is 103 Å². The summed E-state index contributed by atoms with van der Waals surface area (Å²) in [5, 5.41) is 41.6. The Morgan fingerprint density at radius 3 is 2.35 bits per heavy atom. The topological polar surface area (TPSA) is 169 Å². The molecule has 6 rings (SSSR count). The molecule has 3 aromatic heterocycles. The van der Waals surface area contributed by atoms with Gasteiger partial charge in [-0.1, -0.05) is 24.3 Å². The van der Waals surface area contributed by atoms with Crippen LogP contribution in [0.2, 0.25) is 0 Å². The highest BCUT2D eigenvalue weighted by Crippen LogP contribution is 2.38. The number of aryl methyl sites for hydroxylation is 1. The molecular formula is C38H47F2N5O7S2. The van der Waals surface area contributed by atoms with Crippen molar-refractivity contribution in [3.8, 4) is 5.75 Å². The molecule has 1 fully saturated rings. The van der Waals surface area contributed by atoms with Crippen LogP contribution in [0, 0.1) is 0 Å². The Balaban J connectivity index is 0.00000325. The number of fused-ring (bicyclic) bond motifs is 1. The summed E-state index contributed by atoms with van der Waals surface area (Å²) in [6.45, 7) is 3.43. The van der Waals surface area contributed by atoms with Gasteiger partial charge in [-0.05, 0) is 104 Å². The van der Waals surface area contributed by atoms with E-state index >= 15 is 0 Å². The second-order valence-corrected chi connectivity index (χ2v) is 15.3. The van der Waals surface area contributed by atoms with Gasteiger partial charge in [0.15, 0.2) is 0 Å². The third-order valence-corrected chi connectivity index (χ3v) is 11.7. The van der Waals surface area contributed by atoms with Crippen LogP contribution in [-0.4, -0.2) is 73.9 Å². The fourth-order valence-electron chi connectivity index (χ4n) is 6.86. The highest BCUT2D eigenvalue weighted by molar-refractivity contribution is 7.12. The fourth-order valence-corrected chi connectivity index (χ4v) is 8.57. The van der Waals surface area contributed by atoms with Gasteiger partial charge in [-0.15, -0.1) is 22.7 Å². The SMILES string of the molecule is CC(=O)Nc1cc([C@H](O)CNCc2ccc3c(c2)[nH]c(=O)n3CCCN(C)C2CCC(OC(=O)C(O)(c3cccs3)c3cccs3)CC2)ccc1O.F.F. The molecule has 3 heterocycles. The first-order chi connectivity index (χ1) is 25.0. The van der Waals surface area contributed by atoms with Gasteiger partial charge >= 0.3 is 11.7 Å². The number of benzene rings is 2. The molecule has 0 bridgehead atoms. The molecule has 1 atom stereocenters. The molecule has 6 N–H and O–H groups in total. The molecule has 0 aliphatic heterocycles. The Morgan fingerprint density at radius 2 is 1.72 bits per heavy atom. The van der Waals surface area contributed by atoms with E-state index in [1.165, 1.54) is 35.7 Å². The highest BCUT2D eigenvalue weighted by atomic mass is 32.1. The van der Waals surface area contributed by atoms with Crippen molar-refractivity contribution in [2.45, 2.75) is 76.0 Å². The number of aromatic hydroxyl groups is 1. The van der Waals surface area contributed by atoms with Gasteiger partial charge in [0.05, 0.1) is 32.6 Å². The third-order valence-electron chi connectivity index (χ3n) is 9.71. The predicted molar refractivity (Wildman–Crippen MR) is 208 cm³/mol. The smallest absolute Gasteiger partial charge is 0.349 e. The van der Waals surface area contributed by atoms with Crippen LogP contribution >= 0.6 is 22.7 Å². The number of halogens is 2. The van der Waals surface area contributed by atoms with Crippen LogP contribution in [0.3, 0.4) is 0 Å². The number of aromatic amines is 1. The Bertz CT molecular complexity index is 1990. The number of aromatic nitrogens is 2. The van der Waals surface area contributed by atoms with Crippen molar-refractivity contribution in [1.82, 2.24) is 19.8 Å². The number of nitrogens with zero attached hydrogens (tertiary/aromatic N) is 2. The van der Waals surface area contributed by atoms with Crippen molar-refractivity contribution >= 4 is 51.3 Å². The molecule has 1 saturated carbocycles. The number of phenols is 1. The summed E-state index contributed by atoms with van der Waals surface area (Å²) in [5.74, 6) is -1.01. The van der Waals surface area contributed by atoms with Gasteiger partial charge < -0.3 is 40.6 Å². The summed E-state index contributed by atoms with van der Waals surface area (Å²) in [4.78, 5) is 44.1. The van der Waals surface area contributed by atoms with E-state index in [1.807, 2.05) is 41.1 Å². The monoisotopic (exact) mass is 787 g/mol. The number of carbonyl (C=O) groups is 2. The van der Waals surface area contributed by atoms with E-state index in [0.29, 0.717) is 34.4 Å². The average Bonchev–Trinajstić information content (AvgIpc) is 3.92. The number of aliphatic hydroxyl groups excluding tert-OH is 1. The lowest BCUT2D eigenvalue weighted by molar-refractivity contribution is -0.169. The van der Waals surface area contributed by atoms with E-state index in [-0.39, 0.29) is 45.1 Å². The lowest BCUT2D eigenvalue weighted by Gasteiger charge is -2.35. The number of imidazole rings is 1. The predicted octanol–water partition coefficient (Wildman–Crippen LogP) is 5.36. The fraction of sp³-hybridized carbons (Fsp3) is 0.395. The third kappa shape index (κ3) is 9.61. The van der Waals surface area contributed by atoms with E-state index in [1.54, 1.807) is 28.8 Å². The zero-order valence-electron chi connectivity index (χ0n) is 30.0. The van der Waals surface area contributed by atoms with Gasteiger partial charge in [-0.2, -0.15) is 0 Å². The molecule has 0 unspecified atom stereocenters. The Kier molecular flexibility index (Phi) is 14.7. The molecule has 1 aliphatic rings. The number of phenolic OH excluding ortho intramolecular Hbond substituents is 1. The lowest BCUT2D eigenvalue weighted by atomic mass is 9.91. The van der Waals surface area contributed by atoms with Gasteiger partial charge in [-0.3, -0.25) is 18.8 Å². The largest absolute Gasteiger partial charge is 0.506 e. The van der Waals surface area contributed by atoms with E-state index in [4.69, 9.17) is 4.74 Å². The Morgan fingerprint density at radius 1 is 1.04 bits per heavy atom. The second kappa shape index (κ2) is 18.7. The zero-order chi connectivity index (χ0) is 36.8. The van der Waals surface area contributed by atoms with Gasteiger partial charge in [0.25, 0.3) is 0 Å². The molecule has 1 amide bonds. The molecule has 292 valence electrons. The minimum absolute atomic E-state index is 0. The van der Waals surface area contributed by atoms with E-state index in [0.717, 1.165) is 55.2 Å². The number of carbonyl (C=O) groups excluding carboxylic acids is 2. The van der Waals surface area contributed by atoms with Crippen molar-refractivity contribution in [2.24, 2.45) is 0 Å². The summed E-state index contributed by atoms with van der Waals surface area (Å²) in [6, 6.07) is 17.9. The zero-order valence-corrected chi connectivity index (χ0v) is 31.7. The van der Waals surface area contributed by atoms with Crippen LogP contribution in [0.1, 0.15) is 66.0 Å². The first kappa shape index (κ1) is 42.3. The molecule has 54 heavy (non-hydrogen) atoms. The summed E-state index contributed by atoms with van der Waals surface area (Å²) >= 11 is 2.67. The Hall–Kier alpha value is -4.45. The number of H-pyrrole nitrogens is 1. The van der Waals surface area contributed by atoms with Crippen molar-refractivity contribution in [1.29, 1.82) is 0 Å². The standard InChI is InChI=1S/C38H45N5O7S2.2FH/c1-24(44)40-30-21-26(9-15-32(30)45)33(46)23-39-22-25-8-14-31-29(20-25)41-37(48)43(31)17-5-16-42(2)27-10-12-28(13-11-27)50-36(47)38(49,34-6-3-18-51-34)35-7-4-19-52-35;;/h3-4,6-9,14-15,18-21,27-28,33,39,45-46,49H,5,10-13,16-17,22-23H2,1-2H3,(H,40,44)(H,41,48);2*1H/t27?,28?,33-;;/m1../s1. The number of esters is 1. The Labute approximate surface area is 319 Å². The van der Waals surface area contributed by atoms with Crippen LogP contribution < -0.4 is 16.3 Å². The number of nitrogens with one attached hydrogen (secondary N) is 3. The number of hydrogen-bond acceptors (Lipinski definition) is 11. The number of ether oxygens (including phenoxy) is 1. The van der Waals surface area contributed by atoms with Crippen molar-refractivity contribution in [2.75, 3.05) is 25.5 Å². The van der Waals surface area contributed by atoms with E-state index < -0.39 is 17.7 Å². The summed E-state index contributed by atoms with van der Waals surface area (Å²) in [5.41, 5.74) is 1.37. The number of thiophene rings is 2. The number of rotatable bonds is 15. The second-order valence-electron chi connectivity index (χ2n) is 13.4. The van der Waals surface area contributed by atoms with E-state index in [9.17, 15) is 29.7 Å². The molecule has 0 spiro atoms. The molecule has 12 nitrogen and oxygen atoms in total. The maximum atomic E-state index is 13.4. The van der Waals surface area contributed by atoms with Crippen LogP contribution in [0.25, 0.3) is 11.0 Å². The van der Waals surface area contributed by atoms with Gasteiger partial charge in [0.1, 0.15) is 11.9 Å². The van der Waals surface area contributed by atoms with E-state index in [2.05, 4.69) is 27.6 Å². The molecule has 5 aromatic rings. The summed E-state index contributed by atoms with van der Waals surface area (Å²) < 4.78 is 7.69. The molecule has 16 heteroatoms. The van der Waals surface area contributed by atoms with Crippen LogP contribution in [0.4, 0.5) is 15.1 Å². The summed E-state index contributed by atoms with van der Waals surface area (Å²) in [6.07, 6.45) is 2.87. The number of amides is 1. The van der Waals surface area contributed by atoms with Gasteiger partial charge in [0.2, 0.25) is 11.5 Å². The first-order valence-corrected chi connectivity index (χ1v) is 19.2. The minimum atomic E-state index is -1.80. The molecule has 0 radical (unpaired) electrons. The lowest BCUT2D eigenvalue weighted by Crippen LogP contribution is -2.42. The molecule has 0 saturated heterocycles. The highest BCUT2D eigenvalue weighted by Gasteiger charge is 2.45. The molecular weight excluding hydrogens is 741 g/mol. The van der Waals surface area contributed by atoms with Crippen LogP contribution in [0.15, 0.2) is 76.2 Å². The van der Waals surface area contributed by atoms with Gasteiger partial charge in [-0.25, -0.2) is 9.59 Å². The maximum absolute atomic E-state index is 13.4. The number of anilines is 1.